The first-order chi connectivity index (χ1) is 10.1. The van der Waals surface area contributed by atoms with Gasteiger partial charge in [0, 0.05) is 20.1 Å². The molecule has 1 heterocycles. The highest BCUT2D eigenvalue weighted by atomic mass is 127. The smallest absolute Gasteiger partial charge is 0.335 e. The van der Waals surface area contributed by atoms with E-state index in [9.17, 15) is 4.79 Å². The van der Waals surface area contributed by atoms with Gasteiger partial charge in [0.15, 0.2) is 0 Å². The van der Waals surface area contributed by atoms with Gasteiger partial charge in [-0.25, -0.2) is 9.78 Å². The Morgan fingerprint density at radius 3 is 2.57 bits per heavy atom. The van der Waals surface area contributed by atoms with Gasteiger partial charge in [0.2, 0.25) is 0 Å². The number of benzene rings is 2. The number of carbonyl (C=O) groups is 1. The van der Waals surface area contributed by atoms with Crippen molar-refractivity contribution < 1.29 is 9.90 Å². The van der Waals surface area contributed by atoms with Crippen LogP contribution < -0.4 is 0 Å². The van der Waals surface area contributed by atoms with E-state index in [-0.39, 0.29) is 5.56 Å². The Balaban J connectivity index is 1.96. The molecule has 0 amide bonds. The average molecular weight is 407 g/mol. The fourth-order valence-electron chi connectivity index (χ4n) is 1.94. The van der Waals surface area contributed by atoms with Crippen LogP contribution in [0.2, 0.25) is 0 Å². The first kappa shape index (κ1) is 14.2. The molecule has 0 atom stereocenters. The van der Waals surface area contributed by atoms with Crippen LogP contribution in [-0.4, -0.2) is 16.1 Å². The number of thiazole rings is 1. The molecule has 3 rings (SSSR count). The van der Waals surface area contributed by atoms with Crippen LogP contribution in [0, 0.1) is 3.57 Å². The summed E-state index contributed by atoms with van der Waals surface area (Å²) in [6.07, 6.45) is 0. The van der Waals surface area contributed by atoms with E-state index >= 15 is 0 Å². The molecule has 0 radical (unpaired) electrons. The van der Waals surface area contributed by atoms with Gasteiger partial charge in [0.25, 0.3) is 0 Å². The van der Waals surface area contributed by atoms with Crippen molar-refractivity contribution in [3.63, 3.8) is 0 Å². The maximum Gasteiger partial charge on any atom is 0.335 e. The summed E-state index contributed by atoms with van der Waals surface area (Å²) in [5.74, 6) is -0.925. The van der Waals surface area contributed by atoms with Crippen molar-refractivity contribution in [2.75, 3.05) is 0 Å². The van der Waals surface area contributed by atoms with E-state index in [0.717, 1.165) is 21.8 Å². The van der Waals surface area contributed by atoms with E-state index in [4.69, 9.17) is 5.11 Å². The molecule has 1 N–H and O–H groups in total. The second-order valence-electron chi connectivity index (χ2n) is 4.43. The molecule has 1 aromatic heterocycles. The number of carboxylic acid groups (broad SMARTS) is 1. The van der Waals surface area contributed by atoms with Crippen molar-refractivity contribution in [3.05, 3.63) is 63.0 Å². The van der Waals surface area contributed by atoms with E-state index in [1.54, 1.807) is 18.2 Å². The molecule has 0 saturated carbocycles. The number of nitrogens with zero attached hydrogens (tertiary/aromatic N) is 1. The van der Waals surface area contributed by atoms with E-state index in [0.29, 0.717) is 0 Å². The average Bonchev–Trinajstić information content (AvgIpc) is 2.98. The number of aromatic nitrogens is 1. The van der Waals surface area contributed by atoms with Crippen molar-refractivity contribution in [1.29, 1.82) is 0 Å². The standard InChI is InChI=1S/C16H10INO2S/c17-13-6-4-10(5-7-13)14-9-21-15(18-14)11-2-1-3-12(8-11)16(19)20/h1-9H,(H,19,20). The largest absolute Gasteiger partial charge is 0.478 e. The number of hydrogen-bond donors (Lipinski definition) is 1. The van der Waals surface area contributed by atoms with Crippen LogP contribution in [0.15, 0.2) is 53.9 Å². The quantitative estimate of drug-likeness (QED) is 0.636. The first-order valence-corrected chi connectivity index (χ1v) is 8.14. The Morgan fingerprint density at radius 1 is 1.10 bits per heavy atom. The minimum atomic E-state index is -0.925. The zero-order chi connectivity index (χ0) is 14.8. The lowest BCUT2D eigenvalue weighted by Crippen LogP contribution is -1.95. The summed E-state index contributed by atoms with van der Waals surface area (Å²) in [6.45, 7) is 0. The van der Waals surface area contributed by atoms with Gasteiger partial charge in [-0.2, -0.15) is 0 Å². The third kappa shape index (κ3) is 3.14. The summed E-state index contributed by atoms with van der Waals surface area (Å²) in [5, 5.41) is 11.9. The predicted octanol–water partition coefficient (Wildman–Crippen LogP) is 4.78. The highest BCUT2D eigenvalue weighted by Gasteiger charge is 2.09. The van der Waals surface area contributed by atoms with E-state index < -0.39 is 5.97 Å². The predicted molar refractivity (Wildman–Crippen MR) is 92.7 cm³/mol. The molecular formula is C16H10INO2S. The lowest BCUT2D eigenvalue weighted by atomic mass is 10.1. The number of aromatic carboxylic acids is 1. The lowest BCUT2D eigenvalue weighted by molar-refractivity contribution is 0.0697. The SMILES string of the molecule is O=C(O)c1cccc(-c2nc(-c3ccc(I)cc3)cs2)c1. The monoisotopic (exact) mass is 407 g/mol. The molecule has 0 aliphatic heterocycles. The molecule has 21 heavy (non-hydrogen) atoms. The Kier molecular flexibility index (Phi) is 4.03. The molecule has 0 aliphatic rings. The minimum absolute atomic E-state index is 0.276. The summed E-state index contributed by atoms with van der Waals surface area (Å²) in [5.41, 5.74) is 3.08. The lowest BCUT2D eigenvalue weighted by Gasteiger charge is -1.99. The molecule has 0 bridgehead atoms. The Labute approximate surface area is 139 Å². The molecule has 2 aromatic carbocycles. The summed E-state index contributed by atoms with van der Waals surface area (Å²) < 4.78 is 1.18. The summed E-state index contributed by atoms with van der Waals surface area (Å²) in [7, 11) is 0. The van der Waals surface area contributed by atoms with Crippen LogP contribution in [0.3, 0.4) is 0 Å². The molecule has 5 heteroatoms. The minimum Gasteiger partial charge on any atom is -0.478 e. The van der Waals surface area contributed by atoms with Crippen molar-refractivity contribution in [1.82, 2.24) is 4.98 Å². The highest BCUT2D eigenvalue weighted by molar-refractivity contribution is 14.1. The maximum atomic E-state index is 11.0. The molecule has 3 nitrogen and oxygen atoms in total. The molecule has 0 saturated heterocycles. The normalized spacial score (nSPS) is 10.5. The van der Waals surface area contributed by atoms with Gasteiger partial charge in [-0.05, 0) is 46.9 Å². The maximum absolute atomic E-state index is 11.0. The molecule has 3 aromatic rings. The Morgan fingerprint density at radius 2 is 1.86 bits per heavy atom. The third-order valence-electron chi connectivity index (χ3n) is 3.00. The van der Waals surface area contributed by atoms with Crippen molar-refractivity contribution in [3.8, 4) is 21.8 Å². The van der Waals surface area contributed by atoms with Gasteiger partial charge in [-0.3, -0.25) is 0 Å². The zero-order valence-corrected chi connectivity index (χ0v) is 13.8. The van der Waals surface area contributed by atoms with Crippen molar-refractivity contribution in [2.24, 2.45) is 0 Å². The van der Waals surface area contributed by atoms with Crippen LogP contribution in [0.4, 0.5) is 0 Å². The van der Waals surface area contributed by atoms with Crippen molar-refractivity contribution >= 4 is 39.9 Å². The number of hydrogen-bond acceptors (Lipinski definition) is 3. The second-order valence-corrected chi connectivity index (χ2v) is 6.53. The molecule has 0 aliphatic carbocycles. The topological polar surface area (TPSA) is 50.2 Å². The zero-order valence-electron chi connectivity index (χ0n) is 10.8. The molecule has 104 valence electrons. The first-order valence-electron chi connectivity index (χ1n) is 6.19. The van der Waals surface area contributed by atoms with Crippen LogP contribution in [0.5, 0.6) is 0 Å². The van der Waals surface area contributed by atoms with Gasteiger partial charge >= 0.3 is 5.97 Å². The van der Waals surface area contributed by atoms with E-state index in [1.165, 1.54) is 14.9 Å². The molecule has 0 spiro atoms. The summed E-state index contributed by atoms with van der Waals surface area (Å²) in [4.78, 5) is 15.6. The van der Waals surface area contributed by atoms with Crippen LogP contribution >= 0.6 is 33.9 Å². The fourth-order valence-corrected chi connectivity index (χ4v) is 3.13. The summed E-state index contributed by atoms with van der Waals surface area (Å²) >= 11 is 3.78. The van der Waals surface area contributed by atoms with Crippen LogP contribution in [0.1, 0.15) is 10.4 Å². The fraction of sp³-hybridized carbons (Fsp3) is 0. The van der Waals surface area contributed by atoms with Gasteiger partial charge < -0.3 is 5.11 Å². The van der Waals surface area contributed by atoms with Crippen molar-refractivity contribution in [2.45, 2.75) is 0 Å². The number of rotatable bonds is 3. The molecular weight excluding hydrogens is 397 g/mol. The molecule has 0 fully saturated rings. The third-order valence-corrected chi connectivity index (χ3v) is 4.61. The van der Waals surface area contributed by atoms with E-state index in [2.05, 4.69) is 27.6 Å². The van der Waals surface area contributed by atoms with Gasteiger partial charge in [-0.1, -0.05) is 24.3 Å². The van der Waals surface area contributed by atoms with Crippen LogP contribution in [0.25, 0.3) is 21.8 Å². The Bertz CT molecular complexity index is 796. The highest BCUT2D eigenvalue weighted by Crippen LogP contribution is 2.29. The Hall–Kier alpha value is -1.73. The number of carboxylic acids is 1. The van der Waals surface area contributed by atoms with Gasteiger partial charge in [0.05, 0.1) is 11.3 Å². The second kappa shape index (κ2) is 5.95. The summed E-state index contributed by atoms with van der Waals surface area (Å²) in [6, 6.07) is 15.0. The number of halogens is 1. The van der Waals surface area contributed by atoms with Crippen LogP contribution in [-0.2, 0) is 0 Å². The molecule has 0 unspecified atom stereocenters. The van der Waals surface area contributed by atoms with E-state index in [1.807, 2.05) is 35.7 Å². The van der Waals surface area contributed by atoms with Gasteiger partial charge in [-0.15, -0.1) is 11.3 Å². The van der Waals surface area contributed by atoms with Gasteiger partial charge in [0.1, 0.15) is 5.01 Å².